The van der Waals surface area contributed by atoms with E-state index in [1.165, 1.54) is 19.8 Å². The molecule has 2 bridgehead atoms. The van der Waals surface area contributed by atoms with Crippen LogP contribution < -0.4 is 10.6 Å². The highest BCUT2D eigenvalue weighted by atomic mass is 16.2. The summed E-state index contributed by atoms with van der Waals surface area (Å²) in [7, 11) is 0. The average molecular weight is 253 g/mol. The summed E-state index contributed by atoms with van der Waals surface area (Å²) < 4.78 is 0. The van der Waals surface area contributed by atoms with E-state index in [4.69, 9.17) is 0 Å². The van der Waals surface area contributed by atoms with Crippen LogP contribution in [0.15, 0.2) is 0 Å². The highest BCUT2D eigenvalue weighted by Crippen LogP contribution is 2.29. The number of carbonyl (C=O) groups is 2. The SMILES string of the molecule is CCN(C(=O)CNC(C)=O)C1CC2CCC(C1)N2. The number of rotatable bonds is 4. The minimum absolute atomic E-state index is 0.0407. The van der Waals surface area contributed by atoms with E-state index in [9.17, 15) is 9.59 Å². The zero-order valence-corrected chi connectivity index (χ0v) is 11.2. The third-order valence-corrected chi connectivity index (χ3v) is 4.04. The third-order valence-electron chi connectivity index (χ3n) is 4.04. The lowest BCUT2D eigenvalue weighted by atomic mass is 9.98. The quantitative estimate of drug-likeness (QED) is 0.755. The number of hydrogen-bond acceptors (Lipinski definition) is 3. The van der Waals surface area contributed by atoms with Crippen molar-refractivity contribution in [1.82, 2.24) is 15.5 Å². The minimum atomic E-state index is -0.148. The van der Waals surface area contributed by atoms with Crippen LogP contribution in [0.5, 0.6) is 0 Å². The number of amides is 2. The molecule has 0 spiro atoms. The largest absolute Gasteiger partial charge is 0.347 e. The zero-order chi connectivity index (χ0) is 13.1. The molecule has 2 saturated heterocycles. The molecule has 2 heterocycles. The Labute approximate surface area is 108 Å². The molecule has 5 nitrogen and oxygen atoms in total. The van der Waals surface area contributed by atoms with Crippen LogP contribution in [-0.2, 0) is 9.59 Å². The summed E-state index contributed by atoms with van der Waals surface area (Å²) in [6.45, 7) is 4.30. The number of nitrogens with one attached hydrogen (secondary N) is 2. The molecule has 2 amide bonds. The van der Waals surface area contributed by atoms with Crippen LogP contribution in [0.3, 0.4) is 0 Å². The highest BCUT2D eigenvalue weighted by molar-refractivity contribution is 5.83. The van der Waals surface area contributed by atoms with Crippen molar-refractivity contribution < 1.29 is 9.59 Å². The molecule has 0 saturated carbocycles. The summed E-state index contributed by atoms with van der Waals surface area (Å²) in [5, 5.41) is 6.17. The lowest BCUT2D eigenvalue weighted by Gasteiger charge is -2.37. The molecule has 0 aliphatic carbocycles. The van der Waals surface area contributed by atoms with Gasteiger partial charge in [0.25, 0.3) is 0 Å². The van der Waals surface area contributed by atoms with Crippen LogP contribution in [0.4, 0.5) is 0 Å². The molecule has 5 heteroatoms. The standard InChI is InChI=1S/C13H23N3O2/c1-3-16(13(18)8-14-9(2)17)12-6-10-4-5-11(7-12)15-10/h10-12,15H,3-8H2,1-2H3,(H,14,17). The molecule has 2 aliphatic rings. The second-order valence-corrected chi connectivity index (χ2v) is 5.35. The molecule has 0 aromatic rings. The van der Waals surface area contributed by atoms with Gasteiger partial charge in [-0.25, -0.2) is 0 Å². The molecular weight excluding hydrogens is 230 g/mol. The van der Waals surface area contributed by atoms with Gasteiger partial charge in [-0.2, -0.15) is 0 Å². The molecule has 2 rings (SSSR count). The number of fused-ring (bicyclic) bond motifs is 2. The molecule has 0 aromatic carbocycles. The van der Waals surface area contributed by atoms with Crippen LogP contribution in [0.25, 0.3) is 0 Å². The molecular formula is C13H23N3O2. The van der Waals surface area contributed by atoms with Gasteiger partial charge in [-0.3, -0.25) is 9.59 Å². The van der Waals surface area contributed by atoms with Gasteiger partial charge < -0.3 is 15.5 Å². The first-order valence-corrected chi connectivity index (χ1v) is 6.90. The normalized spacial score (nSPS) is 30.0. The Morgan fingerprint density at radius 1 is 1.28 bits per heavy atom. The van der Waals surface area contributed by atoms with E-state index in [1.54, 1.807) is 0 Å². The van der Waals surface area contributed by atoms with Gasteiger partial charge in [-0.1, -0.05) is 0 Å². The summed E-state index contributed by atoms with van der Waals surface area (Å²) in [5.41, 5.74) is 0. The number of nitrogens with zero attached hydrogens (tertiary/aromatic N) is 1. The summed E-state index contributed by atoms with van der Waals surface area (Å²) >= 11 is 0. The Hall–Kier alpha value is -1.10. The van der Waals surface area contributed by atoms with Crippen molar-refractivity contribution in [2.24, 2.45) is 0 Å². The smallest absolute Gasteiger partial charge is 0.242 e. The van der Waals surface area contributed by atoms with Crippen LogP contribution in [0.2, 0.25) is 0 Å². The topological polar surface area (TPSA) is 61.4 Å². The fourth-order valence-electron chi connectivity index (χ4n) is 3.22. The average Bonchev–Trinajstić information content (AvgIpc) is 2.67. The molecule has 2 atom stereocenters. The second-order valence-electron chi connectivity index (χ2n) is 5.35. The van der Waals surface area contributed by atoms with Crippen molar-refractivity contribution in [3.63, 3.8) is 0 Å². The van der Waals surface area contributed by atoms with Crippen molar-refractivity contribution in [3.05, 3.63) is 0 Å². The maximum absolute atomic E-state index is 12.1. The Balaban J connectivity index is 1.91. The van der Waals surface area contributed by atoms with Crippen LogP contribution in [-0.4, -0.2) is 47.9 Å². The Kier molecular flexibility index (Phi) is 4.22. The maximum atomic E-state index is 12.1. The predicted octanol–water partition coefficient (Wildman–Crippen LogP) is 0.254. The minimum Gasteiger partial charge on any atom is -0.347 e. The molecule has 2 fully saturated rings. The van der Waals surface area contributed by atoms with Crippen LogP contribution >= 0.6 is 0 Å². The lowest BCUT2D eigenvalue weighted by molar-refractivity contribution is -0.135. The first-order valence-electron chi connectivity index (χ1n) is 6.90. The Morgan fingerprint density at radius 3 is 2.39 bits per heavy atom. The highest BCUT2D eigenvalue weighted by Gasteiger charge is 2.36. The van der Waals surface area contributed by atoms with Crippen molar-refractivity contribution in [1.29, 1.82) is 0 Å². The molecule has 2 aliphatic heterocycles. The summed E-state index contributed by atoms with van der Waals surface area (Å²) in [4.78, 5) is 24.9. The van der Waals surface area contributed by atoms with Gasteiger partial charge in [0.15, 0.2) is 0 Å². The van der Waals surface area contributed by atoms with Gasteiger partial charge in [0.1, 0.15) is 0 Å². The monoisotopic (exact) mass is 253 g/mol. The first kappa shape index (κ1) is 13.3. The maximum Gasteiger partial charge on any atom is 0.242 e. The molecule has 0 aromatic heterocycles. The second kappa shape index (κ2) is 5.69. The van der Waals surface area contributed by atoms with E-state index in [0.29, 0.717) is 18.1 Å². The Morgan fingerprint density at radius 2 is 1.89 bits per heavy atom. The van der Waals surface area contributed by atoms with Crippen molar-refractivity contribution in [2.75, 3.05) is 13.1 Å². The van der Waals surface area contributed by atoms with Gasteiger partial charge in [0.2, 0.25) is 11.8 Å². The number of likely N-dealkylation sites (N-methyl/N-ethyl adjacent to an activating group) is 1. The fourth-order valence-corrected chi connectivity index (χ4v) is 3.22. The van der Waals surface area contributed by atoms with E-state index in [1.807, 2.05) is 11.8 Å². The van der Waals surface area contributed by atoms with Crippen LogP contribution in [0.1, 0.15) is 39.5 Å². The third kappa shape index (κ3) is 3.02. The molecule has 18 heavy (non-hydrogen) atoms. The van der Waals surface area contributed by atoms with Crippen molar-refractivity contribution in [3.8, 4) is 0 Å². The molecule has 2 unspecified atom stereocenters. The summed E-state index contributed by atoms with van der Waals surface area (Å²) in [6, 6.07) is 1.50. The predicted molar refractivity (Wildman–Crippen MR) is 69.0 cm³/mol. The Bertz CT molecular complexity index is 320. The van der Waals surface area contributed by atoms with Crippen LogP contribution in [0, 0.1) is 0 Å². The molecule has 2 N–H and O–H groups in total. The lowest BCUT2D eigenvalue weighted by Crippen LogP contribution is -2.52. The van der Waals surface area contributed by atoms with E-state index in [-0.39, 0.29) is 18.4 Å². The van der Waals surface area contributed by atoms with E-state index >= 15 is 0 Å². The molecule has 0 radical (unpaired) electrons. The van der Waals surface area contributed by atoms with E-state index < -0.39 is 0 Å². The van der Waals surface area contributed by atoms with Crippen molar-refractivity contribution >= 4 is 11.8 Å². The summed E-state index contributed by atoms with van der Waals surface area (Å²) in [6.07, 6.45) is 4.57. The van der Waals surface area contributed by atoms with Gasteiger partial charge in [0, 0.05) is 31.6 Å². The molecule has 102 valence electrons. The van der Waals surface area contributed by atoms with E-state index in [2.05, 4.69) is 10.6 Å². The van der Waals surface area contributed by atoms with Gasteiger partial charge in [-0.05, 0) is 32.6 Å². The fraction of sp³-hybridized carbons (Fsp3) is 0.846. The number of hydrogen-bond donors (Lipinski definition) is 2. The first-order chi connectivity index (χ1) is 8.60. The number of carbonyl (C=O) groups excluding carboxylic acids is 2. The van der Waals surface area contributed by atoms with E-state index in [0.717, 1.165) is 19.4 Å². The van der Waals surface area contributed by atoms with Gasteiger partial charge in [0.05, 0.1) is 6.54 Å². The zero-order valence-electron chi connectivity index (χ0n) is 11.2. The van der Waals surface area contributed by atoms with Gasteiger partial charge >= 0.3 is 0 Å². The van der Waals surface area contributed by atoms with Crippen molar-refractivity contribution in [2.45, 2.75) is 57.7 Å². The summed E-state index contributed by atoms with van der Waals surface area (Å²) in [5.74, 6) is -0.108. The number of piperidine rings is 1. The van der Waals surface area contributed by atoms with Gasteiger partial charge in [-0.15, -0.1) is 0 Å².